The summed E-state index contributed by atoms with van der Waals surface area (Å²) in [6.07, 6.45) is 0. The summed E-state index contributed by atoms with van der Waals surface area (Å²) < 4.78 is 31.7. The molecule has 88 valence electrons. The van der Waals surface area contributed by atoms with Crippen LogP contribution in [0.15, 0.2) is 18.2 Å². The molecule has 16 heavy (non-hydrogen) atoms. The molecule has 0 aliphatic carbocycles. The molecule has 2 rings (SSSR count). The first-order valence-corrected chi connectivity index (χ1v) is 5.00. The van der Waals surface area contributed by atoms with Gasteiger partial charge in [-0.25, -0.2) is 8.78 Å². The fourth-order valence-corrected chi connectivity index (χ4v) is 1.95. The standard InChI is InChI=1S/C11H13F2NO2/c12-7-1-2-9(13)8(3-7)11(5-16-6-11)10(14)4-15/h1-3,10,15H,4-6,14H2. The van der Waals surface area contributed by atoms with Crippen LogP contribution in [0, 0.1) is 11.6 Å². The molecule has 1 atom stereocenters. The molecule has 1 heterocycles. The van der Waals surface area contributed by atoms with Crippen molar-refractivity contribution >= 4 is 0 Å². The third kappa shape index (κ3) is 1.61. The van der Waals surface area contributed by atoms with Gasteiger partial charge < -0.3 is 15.6 Å². The monoisotopic (exact) mass is 229 g/mol. The minimum absolute atomic E-state index is 0.181. The average Bonchev–Trinajstić information content (AvgIpc) is 2.21. The Balaban J connectivity index is 2.44. The normalized spacial score (nSPS) is 20.2. The lowest BCUT2D eigenvalue weighted by Crippen LogP contribution is -2.60. The van der Waals surface area contributed by atoms with Gasteiger partial charge in [0.15, 0.2) is 0 Å². The molecule has 0 saturated carbocycles. The molecule has 0 radical (unpaired) electrons. The summed E-state index contributed by atoms with van der Waals surface area (Å²) in [4.78, 5) is 0. The van der Waals surface area contributed by atoms with Crippen molar-refractivity contribution in [3.63, 3.8) is 0 Å². The van der Waals surface area contributed by atoms with Gasteiger partial charge in [0.2, 0.25) is 0 Å². The Kier molecular flexibility index (Phi) is 2.92. The number of benzene rings is 1. The summed E-state index contributed by atoms with van der Waals surface area (Å²) in [5.41, 5.74) is 5.12. The molecule has 3 N–H and O–H groups in total. The maximum Gasteiger partial charge on any atom is 0.127 e. The SMILES string of the molecule is NC(CO)C1(c2cc(F)ccc2F)COC1. The van der Waals surface area contributed by atoms with E-state index in [0.717, 1.165) is 18.2 Å². The molecule has 1 aliphatic heterocycles. The molecule has 0 aromatic heterocycles. The fourth-order valence-electron chi connectivity index (χ4n) is 1.95. The number of nitrogens with two attached hydrogens (primary N) is 1. The van der Waals surface area contributed by atoms with Crippen LogP contribution in [0.4, 0.5) is 8.78 Å². The van der Waals surface area contributed by atoms with Gasteiger partial charge in [0.25, 0.3) is 0 Å². The van der Waals surface area contributed by atoms with E-state index in [1.165, 1.54) is 0 Å². The lowest BCUT2D eigenvalue weighted by Gasteiger charge is -2.45. The highest BCUT2D eigenvalue weighted by molar-refractivity contribution is 5.32. The van der Waals surface area contributed by atoms with Gasteiger partial charge >= 0.3 is 0 Å². The van der Waals surface area contributed by atoms with Gasteiger partial charge in [-0.3, -0.25) is 0 Å². The number of aliphatic hydroxyl groups is 1. The van der Waals surface area contributed by atoms with E-state index in [4.69, 9.17) is 15.6 Å². The molecule has 1 unspecified atom stereocenters. The highest BCUT2D eigenvalue weighted by atomic mass is 19.1. The van der Waals surface area contributed by atoms with E-state index in [1.807, 2.05) is 0 Å². The van der Waals surface area contributed by atoms with E-state index in [9.17, 15) is 8.78 Å². The summed E-state index contributed by atoms with van der Waals surface area (Å²) in [6.45, 7) is 0.115. The number of hydrogen-bond donors (Lipinski definition) is 2. The quantitative estimate of drug-likeness (QED) is 0.796. The molecule has 1 aromatic rings. The third-order valence-corrected chi connectivity index (χ3v) is 3.09. The van der Waals surface area contributed by atoms with Crippen LogP contribution in [-0.2, 0) is 10.2 Å². The summed E-state index contributed by atoms with van der Waals surface area (Å²) in [5, 5.41) is 9.06. The van der Waals surface area contributed by atoms with Crippen molar-refractivity contribution in [2.45, 2.75) is 11.5 Å². The predicted octanol–water partition coefficient (Wildman–Crippen LogP) is 0.552. The van der Waals surface area contributed by atoms with Crippen LogP contribution in [0.3, 0.4) is 0 Å². The van der Waals surface area contributed by atoms with Crippen molar-refractivity contribution in [2.75, 3.05) is 19.8 Å². The van der Waals surface area contributed by atoms with Crippen LogP contribution in [0.5, 0.6) is 0 Å². The molecule has 1 aliphatic rings. The Morgan fingerprint density at radius 3 is 2.62 bits per heavy atom. The number of rotatable bonds is 3. The molecule has 0 spiro atoms. The van der Waals surface area contributed by atoms with E-state index in [0.29, 0.717) is 0 Å². The first-order valence-electron chi connectivity index (χ1n) is 5.00. The van der Waals surface area contributed by atoms with Crippen molar-refractivity contribution in [1.82, 2.24) is 0 Å². The van der Waals surface area contributed by atoms with Crippen molar-refractivity contribution in [1.29, 1.82) is 0 Å². The second-order valence-corrected chi connectivity index (χ2v) is 4.06. The maximum absolute atomic E-state index is 13.6. The topological polar surface area (TPSA) is 55.5 Å². The van der Waals surface area contributed by atoms with Gasteiger partial charge in [0.1, 0.15) is 11.6 Å². The van der Waals surface area contributed by atoms with E-state index in [1.54, 1.807) is 0 Å². The van der Waals surface area contributed by atoms with Gasteiger partial charge in [0.05, 0.1) is 25.2 Å². The van der Waals surface area contributed by atoms with Crippen molar-refractivity contribution in [3.05, 3.63) is 35.4 Å². The Bertz CT molecular complexity index is 394. The average molecular weight is 229 g/mol. The van der Waals surface area contributed by atoms with Crippen molar-refractivity contribution in [3.8, 4) is 0 Å². The number of halogens is 2. The smallest absolute Gasteiger partial charge is 0.127 e. The summed E-state index contributed by atoms with van der Waals surface area (Å²) >= 11 is 0. The maximum atomic E-state index is 13.6. The van der Waals surface area contributed by atoms with E-state index >= 15 is 0 Å². The van der Waals surface area contributed by atoms with E-state index in [2.05, 4.69) is 0 Å². The first-order chi connectivity index (χ1) is 7.60. The number of aliphatic hydroxyl groups excluding tert-OH is 1. The lowest BCUT2D eigenvalue weighted by atomic mass is 9.72. The number of ether oxygens (including phenoxy) is 1. The van der Waals surface area contributed by atoms with Gasteiger partial charge in [-0.1, -0.05) is 0 Å². The van der Waals surface area contributed by atoms with Crippen LogP contribution < -0.4 is 5.73 Å². The Morgan fingerprint density at radius 2 is 2.12 bits per heavy atom. The van der Waals surface area contributed by atoms with Gasteiger partial charge in [-0.2, -0.15) is 0 Å². The second kappa shape index (κ2) is 4.08. The zero-order valence-electron chi connectivity index (χ0n) is 8.62. The van der Waals surface area contributed by atoms with Crippen LogP contribution in [-0.4, -0.2) is 31.0 Å². The predicted molar refractivity (Wildman–Crippen MR) is 53.9 cm³/mol. The van der Waals surface area contributed by atoms with Gasteiger partial charge in [-0.05, 0) is 18.2 Å². The second-order valence-electron chi connectivity index (χ2n) is 4.06. The molecule has 1 fully saturated rings. The van der Waals surface area contributed by atoms with Crippen LogP contribution in [0.2, 0.25) is 0 Å². The highest BCUT2D eigenvalue weighted by Crippen LogP contribution is 2.36. The molecule has 1 saturated heterocycles. The first kappa shape index (κ1) is 11.4. The van der Waals surface area contributed by atoms with Crippen molar-refractivity contribution < 1.29 is 18.6 Å². The van der Waals surface area contributed by atoms with Crippen molar-refractivity contribution in [2.24, 2.45) is 5.73 Å². The third-order valence-electron chi connectivity index (χ3n) is 3.09. The Morgan fingerprint density at radius 1 is 1.44 bits per heavy atom. The molecule has 5 heteroatoms. The van der Waals surface area contributed by atoms with E-state index in [-0.39, 0.29) is 25.4 Å². The van der Waals surface area contributed by atoms with Crippen LogP contribution in [0.25, 0.3) is 0 Å². The molecule has 3 nitrogen and oxygen atoms in total. The van der Waals surface area contributed by atoms with E-state index < -0.39 is 23.1 Å². The number of hydrogen-bond acceptors (Lipinski definition) is 3. The molecular weight excluding hydrogens is 216 g/mol. The lowest BCUT2D eigenvalue weighted by molar-refractivity contribution is -0.0814. The van der Waals surface area contributed by atoms with Gasteiger partial charge in [-0.15, -0.1) is 0 Å². The Hall–Kier alpha value is -1.04. The largest absolute Gasteiger partial charge is 0.395 e. The van der Waals surface area contributed by atoms with Gasteiger partial charge in [0, 0.05) is 11.6 Å². The molecule has 1 aromatic carbocycles. The summed E-state index contributed by atoms with van der Waals surface area (Å²) in [5.74, 6) is -1.04. The summed E-state index contributed by atoms with van der Waals surface area (Å²) in [7, 11) is 0. The highest BCUT2D eigenvalue weighted by Gasteiger charge is 2.47. The zero-order valence-corrected chi connectivity index (χ0v) is 8.62. The molecule has 0 amide bonds. The van der Waals surface area contributed by atoms with Crippen LogP contribution in [0.1, 0.15) is 5.56 Å². The molecule has 0 bridgehead atoms. The minimum atomic E-state index is -0.805. The minimum Gasteiger partial charge on any atom is -0.395 e. The van der Waals surface area contributed by atoms with Crippen LogP contribution >= 0.6 is 0 Å². The zero-order chi connectivity index (χ0) is 11.8. The molecular formula is C11H13F2NO2. The summed E-state index contributed by atoms with van der Waals surface area (Å²) in [6, 6.07) is 2.58. The fraction of sp³-hybridized carbons (Fsp3) is 0.455. The Labute approximate surface area is 91.8 Å².